The summed E-state index contributed by atoms with van der Waals surface area (Å²) in [5, 5.41) is 5.58. The molecule has 0 aromatic rings. The summed E-state index contributed by atoms with van der Waals surface area (Å²) in [6.07, 6.45) is 1.87. The van der Waals surface area contributed by atoms with Crippen LogP contribution in [0.1, 0.15) is 19.8 Å². The molecule has 0 aromatic carbocycles. The highest BCUT2D eigenvalue weighted by Gasteiger charge is 2.39. The molecule has 0 bridgehead atoms. The quantitative estimate of drug-likeness (QED) is 0.566. The van der Waals surface area contributed by atoms with Crippen molar-refractivity contribution in [3.63, 3.8) is 0 Å². The first kappa shape index (κ1) is 9.45. The lowest BCUT2D eigenvalue weighted by molar-refractivity contribution is -0.121. The molecule has 5 nitrogen and oxygen atoms in total. The number of carbonyl (C=O) groups is 2. The molecule has 0 aliphatic carbocycles. The molecule has 0 aromatic heterocycles. The Kier molecular flexibility index (Phi) is 2.41. The minimum Gasteiger partial charge on any atom is -0.317 e. The van der Waals surface area contributed by atoms with Crippen molar-refractivity contribution < 1.29 is 9.59 Å². The number of hydrogen-bond acceptors (Lipinski definition) is 3. The van der Waals surface area contributed by atoms with Crippen molar-refractivity contribution in [1.29, 1.82) is 0 Å². The summed E-state index contributed by atoms with van der Waals surface area (Å²) in [6.45, 7) is 3.63. The van der Waals surface area contributed by atoms with Gasteiger partial charge >= 0.3 is 6.03 Å². The standard InChI is InChI=1S/C9H15N3O2/c1-6-8(13)11-9(14)12(6)7-2-4-10-5-3-7/h6-7,10H,2-5H2,1H3,(H,11,13,14). The van der Waals surface area contributed by atoms with Crippen LogP contribution in [0.4, 0.5) is 4.79 Å². The Morgan fingerprint density at radius 1 is 1.29 bits per heavy atom. The highest BCUT2D eigenvalue weighted by Crippen LogP contribution is 2.18. The summed E-state index contributed by atoms with van der Waals surface area (Å²) in [6, 6.07) is -0.308. The molecule has 2 aliphatic heterocycles. The van der Waals surface area contributed by atoms with Crippen LogP contribution in [-0.4, -0.2) is 42.0 Å². The minimum absolute atomic E-state index is 0.173. The number of nitrogens with zero attached hydrogens (tertiary/aromatic N) is 1. The molecule has 0 saturated carbocycles. The number of imide groups is 1. The van der Waals surface area contributed by atoms with E-state index in [0.717, 1.165) is 25.9 Å². The number of amides is 3. The van der Waals surface area contributed by atoms with E-state index in [1.807, 2.05) is 0 Å². The number of carbonyl (C=O) groups excluding carboxylic acids is 2. The van der Waals surface area contributed by atoms with Crippen molar-refractivity contribution in [2.75, 3.05) is 13.1 Å². The summed E-state index contributed by atoms with van der Waals surface area (Å²) in [5.41, 5.74) is 0. The first-order chi connectivity index (χ1) is 6.70. The number of nitrogens with one attached hydrogen (secondary N) is 2. The molecule has 5 heteroatoms. The maximum Gasteiger partial charge on any atom is 0.325 e. The van der Waals surface area contributed by atoms with E-state index in [4.69, 9.17) is 0 Å². The van der Waals surface area contributed by atoms with E-state index in [-0.39, 0.29) is 24.0 Å². The van der Waals surface area contributed by atoms with Crippen molar-refractivity contribution in [1.82, 2.24) is 15.5 Å². The third-order valence-electron chi connectivity index (χ3n) is 2.96. The van der Waals surface area contributed by atoms with Crippen LogP contribution in [-0.2, 0) is 4.79 Å². The highest BCUT2D eigenvalue weighted by molar-refractivity contribution is 6.04. The van der Waals surface area contributed by atoms with E-state index in [1.54, 1.807) is 11.8 Å². The number of piperidine rings is 1. The minimum atomic E-state index is -0.300. The van der Waals surface area contributed by atoms with Crippen LogP contribution < -0.4 is 10.6 Å². The lowest BCUT2D eigenvalue weighted by Gasteiger charge is -2.32. The normalized spacial score (nSPS) is 29.5. The molecular formula is C9H15N3O2. The van der Waals surface area contributed by atoms with Gasteiger partial charge in [-0.15, -0.1) is 0 Å². The Hall–Kier alpha value is -1.10. The van der Waals surface area contributed by atoms with Crippen LogP contribution in [0, 0.1) is 0 Å². The lowest BCUT2D eigenvalue weighted by Crippen LogP contribution is -2.47. The fourth-order valence-electron chi connectivity index (χ4n) is 2.14. The van der Waals surface area contributed by atoms with Gasteiger partial charge in [-0.25, -0.2) is 4.79 Å². The van der Waals surface area contributed by atoms with Gasteiger partial charge in [-0.05, 0) is 32.9 Å². The summed E-state index contributed by atoms with van der Waals surface area (Å²) in [7, 11) is 0. The van der Waals surface area contributed by atoms with Crippen LogP contribution >= 0.6 is 0 Å². The molecular weight excluding hydrogens is 182 g/mol. The van der Waals surface area contributed by atoms with E-state index >= 15 is 0 Å². The van der Waals surface area contributed by atoms with Crippen molar-refractivity contribution in [3.05, 3.63) is 0 Å². The van der Waals surface area contributed by atoms with Gasteiger partial charge in [0.15, 0.2) is 0 Å². The monoisotopic (exact) mass is 197 g/mol. The van der Waals surface area contributed by atoms with Crippen LogP contribution in [0.15, 0.2) is 0 Å². The van der Waals surface area contributed by atoms with Gasteiger partial charge in [-0.2, -0.15) is 0 Å². The molecule has 2 N–H and O–H groups in total. The molecule has 14 heavy (non-hydrogen) atoms. The Labute approximate surface area is 82.8 Å². The maximum atomic E-state index is 11.5. The van der Waals surface area contributed by atoms with Crippen LogP contribution in [0.2, 0.25) is 0 Å². The average Bonchev–Trinajstić information content (AvgIpc) is 2.43. The van der Waals surface area contributed by atoms with Crippen LogP contribution in [0.25, 0.3) is 0 Å². The Morgan fingerprint density at radius 2 is 1.93 bits per heavy atom. The average molecular weight is 197 g/mol. The van der Waals surface area contributed by atoms with E-state index in [1.165, 1.54) is 0 Å². The molecule has 2 saturated heterocycles. The van der Waals surface area contributed by atoms with Gasteiger partial charge in [0, 0.05) is 6.04 Å². The van der Waals surface area contributed by atoms with E-state index < -0.39 is 0 Å². The second kappa shape index (κ2) is 3.57. The van der Waals surface area contributed by atoms with Gasteiger partial charge in [0.25, 0.3) is 5.91 Å². The molecule has 78 valence electrons. The fourth-order valence-corrected chi connectivity index (χ4v) is 2.14. The van der Waals surface area contributed by atoms with Crippen molar-refractivity contribution in [3.8, 4) is 0 Å². The topological polar surface area (TPSA) is 61.4 Å². The van der Waals surface area contributed by atoms with Gasteiger partial charge in [-0.1, -0.05) is 0 Å². The molecule has 1 atom stereocenters. The summed E-state index contributed by atoms with van der Waals surface area (Å²) in [4.78, 5) is 24.4. The predicted octanol–water partition coefficient (Wildman–Crippen LogP) is -0.321. The molecule has 2 rings (SSSR count). The van der Waals surface area contributed by atoms with E-state index in [9.17, 15) is 9.59 Å². The highest BCUT2D eigenvalue weighted by atomic mass is 16.2. The molecule has 0 spiro atoms. The third-order valence-corrected chi connectivity index (χ3v) is 2.96. The zero-order valence-corrected chi connectivity index (χ0v) is 8.25. The zero-order valence-electron chi connectivity index (χ0n) is 8.25. The number of hydrogen-bond donors (Lipinski definition) is 2. The van der Waals surface area contributed by atoms with Crippen molar-refractivity contribution in [2.45, 2.75) is 31.8 Å². The Morgan fingerprint density at radius 3 is 2.43 bits per heavy atom. The molecule has 2 fully saturated rings. The smallest absolute Gasteiger partial charge is 0.317 e. The van der Waals surface area contributed by atoms with E-state index in [0.29, 0.717) is 0 Å². The van der Waals surface area contributed by atoms with Crippen molar-refractivity contribution in [2.24, 2.45) is 0 Å². The summed E-state index contributed by atoms with van der Waals surface area (Å²) in [5.74, 6) is -0.173. The second-order valence-electron chi connectivity index (χ2n) is 3.86. The molecule has 2 heterocycles. The maximum absolute atomic E-state index is 11.5. The summed E-state index contributed by atoms with van der Waals surface area (Å²) < 4.78 is 0. The van der Waals surface area contributed by atoms with Gasteiger partial charge in [0.1, 0.15) is 6.04 Å². The molecule has 0 radical (unpaired) electrons. The Balaban J connectivity index is 2.08. The van der Waals surface area contributed by atoms with Gasteiger partial charge in [-0.3, -0.25) is 10.1 Å². The molecule has 1 unspecified atom stereocenters. The summed E-state index contributed by atoms with van der Waals surface area (Å²) >= 11 is 0. The van der Waals surface area contributed by atoms with Gasteiger partial charge in [0.05, 0.1) is 0 Å². The third kappa shape index (κ3) is 1.48. The van der Waals surface area contributed by atoms with Crippen LogP contribution in [0.5, 0.6) is 0 Å². The molecule has 2 aliphatic rings. The second-order valence-corrected chi connectivity index (χ2v) is 3.86. The zero-order chi connectivity index (χ0) is 10.1. The van der Waals surface area contributed by atoms with E-state index in [2.05, 4.69) is 10.6 Å². The first-order valence-electron chi connectivity index (χ1n) is 5.04. The fraction of sp³-hybridized carbons (Fsp3) is 0.778. The van der Waals surface area contributed by atoms with Gasteiger partial charge < -0.3 is 10.2 Å². The largest absolute Gasteiger partial charge is 0.325 e. The number of urea groups is 1. The number of rotatable bonds is 1. The first-order valence-corrected chi connectivity index (χ1v) is 5.04. The van der Waals surface area contributed by atoms with Crippen molar-refractivity contribution >= 4 is 11.9 Å². The Bertz CT molecular complexity index is 261. The van der Waals surface area contributed by atoms with Crippen LogP contribution in [0.3, 0.4) is 0 Å². The SMILES string of the molecule is CC1C(=O)NC(=O)N1C1CCNCC1. The van der Waals surface area contributed by atoms with Gasteiger partial charge in [0.2, 0.25) is 0 Å². The lowest BCUT2D eigenvalue weighted by atomic mass is 10.0. The predicted molar refractivity (Wildman–Crippen MR) is 50.7 cm³/mol. The molecule has 3 amide bonds.